The highest BCUT2D eigenvalue weighted by Crippen LogP contribution is 2.25. The lowest BCUT2D eigenvalue weighted by Gasteiger charge is -2.33. The molecule has 23 heavy (non-hydrogen) atoms. The number of aryl methyl sites for hydroxylation is 2. The van der Waals surface area contributed by atoms with E-state index in [1.54, 1.807) is 7.11 Å². The number of amides is 1. The van der Waals surface area contributed by atoms with Crippen LogP contribution in [-0.2, 0) is 14.3 Å². The first kappa shape index (κ1) is 17.8. The lowest BCUT2D eigenvalue weighted by Crippen LogP contribution is -2.47. The Morgan fingerprint density at radius 3 is 2.78 bits per heavy atom. The Morgan fingerprint density at radius 1 is 1.30 bits per heavy atom. The number of hydrogen-bond acceptors (Lipinski definition) is 4. The maximum absolute atomic E-state index is 12.4. The topological polar surface area (TPSA) is 48.0 Å². The van der Waals surface area contributed by atoms with Crippen molar-refractivity contribution in [3.63, 3.8) is 0 Å². The quantitative estimate of drug-likeness (QED) is 0.806. The van der Waals surface area contributed by atoms with Crippen LogP contribution in [0.5, 0.6) is 5.75 Å². The summed E-state index contributed by atoms with van der Waals surface area (Å²) in [6.45, 7) is 8.59. The standard InChI is InChI=1S/C18H27NO4/c1-13-5-6-14(2)18(15(13)3)23-12-17(20)19-8-10-22-16(11-19)7-9-21-4/h5-6,16H,7-12H2,1-4H3/t16-/m0/s1. The second kappa shape index (κ2) is 8.31. The first-order chi connectivity index (χ1) is 11.0. The maximum atomic E-state index is 12.4. The van der Waals surface area contributed by atoms with E-state index < -0.39 is 0 Å². The summed E-state index contributed by atoms with van der Waals surface area (Å²) in [5.41, 5.74) is 3.32. The predicted octanol–water partition coefficient (Wildman–Crippen LogP) is 2.25. The third-order valence-corrected chi connectivity index (χ3v) is 4.35. The van der Waals surface area contributed by atoms with Crippen molar-refractivity contribution >= 4 is 5.91 Å². The Balaban J connectivity index is 1.91. The van der Waals surface area contributed by atoms with E-state index in [4.69, 9.17) is 14.2 Å². The Morgan fingerprint density at radius 2 is 2.04 bits per heavy atom. The average molecular weight is 321 g/mol. The number of benzene rings is 1. The zero-order valence-electron chi connectivity index (χ0n) is 14.6. The summed E-state index contributed by atoms with van der Waals surface area (Å²) in [5, 5.41) is 0. The van der Waals surface area contributed by atoms with Gasteiger partial charge in [-0.25, -0.2) is 0 Å². The summed E-state index contributed by atoms with van der Waals surface area (Å²) in [7, 11) is 1.67. The number of morpholine rings is 1. The van der Waals surface area contributed by atoms with Crippen LogP contribution in [0.15, 0.2) is 12.1 Å². The van der Waals surface area contributed by atoms with Crippen molar-refractivity contribution in [2.45, 2.75) is 33.3 Å². The zero-order chi connectivity index (χ0) is 16.8. The van der Waals surface area contributed by atoms with Crippen LogP contribution in [0.1, 0.15) is 23.1 Å². The summed E-state index contributed by atoms with van der Waals surface area (Å²) in [4.78, 5) is 14.2. The SMILES string of the molecule is COCC[C@H]1CN(C(=O)COc2c(C)ccc(C)c2C)CCO1. The minimum atomic E-state index is 0.0102. The second-order valence-electron chi connectivity index (χ2n) is 6.06. The number of ether oxygens (including phenoxy) is 3. The molecule has 0 radical (unpaired) electrons. The van der Waals surface area contributed by atoms with Crippen molar-refractivity contribution in [3.05, 3.63) is 28.8 Å². The first-order valence-electron chi connectivity index (χ1n) is 8.11. The molecule has 5 nitrogen and oxygen atoms in total. The lowest BCUT2D eigenvalue weighted by atomic mass is 10.1. The molecule has 0 aliphatic carbocycles. The third kappa shape index (κ3) is 4.69. The summed E-state index contributed by atoms with van der Waals surface area (Å²) in [5.74, 6) is 0.832. The molecule has 0 N–H and O–H groups in total. The molecule has 1 saturated heterocycles. The highest BCUT2D eigenvalue weighted by Gasteiger charge is 2.24. The highest BCUT2D eigenvalue weighted by molar-refractivity contribution is 5.78. The van der Waals surface area contributed by atoms with Gasteiger partial charge < -0.3 is 19.1 Å². The molecule has 0 bridgehead atoms. The van der Waals surface area contributed by atoms with Crippen LogP contribution in [-0.4, -0.2) is 56.9 Å². The fourth-order valence-corrected chi connectivity index (χ4v) is 2.74. The highest BCUT2D eigenvalue weighted by atomic mass is 16.5. The normalized spacial score (nSPS) is 18.1. The van der Waals surface area contributed by atoms with Gasteiger partial charge in [-0.1, -0.05) is 12.1 Å². The lowest BCUT2D eigenvalue weighted by molar-refractivity contribution is -0.141. The second-order valence-corrected chi connectivity index (χ2v) is 6.06. The molecular formula is C18H27NO4. The molecule has 0 aromatic heterocycles. The van der Waals surface area contributed by atoms with E-state index in [2.05, 4.69) is 6.07 Å². The fourth-order valence-electron chi connectivity index (χ4n) is 2.74. The van der Waals surface area contributed by atoms with Gasteiger partial charge in [0.05, 0.1) is 12.7 Å². The number of carbonyl (C=O) groups excluding carboxylic acids is 1. The van der Waals surface area contributed by atoms with Crippen LogP contribution in [0.4, 0.5) is 0 Å². The van der Waals surface area contributed by atoms with Gasteiger partial charge >= 0.3 is 0 Å². The molecule has 1 heterocycles. The van der Waals surface area contributed by atoms with Crippen molar-refractivity contribution in [2.75, 3.05) is 40.0 Å². The molecule has 1 aromatic rings. The minimum absolute atomic E-state index is 0.0102. The van der Waals surface area contributed by atoms with E-state index in [-0.39, 0.29) is 18.6 Å². The van der Waals surface area contributed by atoms with E-state index in [1.165, 1.54) is 5.56 Å². The van der Waals surface area contributed by atoms with Crippen LogP contribution < -0.4 is 4.74 Å². The van der Waals surface area contributed by atoms with Gasteiger partial charge in [-0.2, -0.15) is 0 Å². The van der Waals surface area contributed by atoms with Gasteiger partial charge in [-0.3, -0.25) is 4.79 Å². The van der Waals surface area contributed by atoms with Gasteiger partial charge in [0.25, 0.3) is 5.91 Å². The smallest absolute Gasteiger partial charge is 0.260 e. The third-order valence-electron chi connectivity index (χ3n) is 4.35. The van der Waals surface area contributed by atoms with Crippen LogP contribution in [0.25, 0.3) is 0 Å². The van der Waals surface area contributed by atoms with Gasteiger partial charge in [0.15, 0.2) is 6.61 Å². The summed E-state index contributed by atoms with van der Waals surface area (Å²) in [6, 6.07) is 4.10. The molecule has 0 unspecified atom stereocenters. The van der Waals surface area contributed by atoms with Crippen LogP contribution >= 0.6 is 0 Å². The van der Waals surface area contributed by atoms with Gasteiger partial charge in [-0.05, 0) is 43.9 Å². The van der Waals surface area contributed by atoms with Gasteiger partial charge in [0.2, 0.25) is 0 Å². The number of carbonyl (C=O) groups is 1. The summed E-state index contributed by atoms with van der Waals surface area (Å²) < 4.78 is 16.6. The Bertz CT molecular complexity index is 544. The number of nitrogens with zero attached hydrogens (tertiary/aromatic N) is 1. The molecule has 1 fully saturated rings. The molecule has 1 aromatic carbocycles. The number of hydrogen-bond donors (Lipinski definition) is 0. The van der Waals surface area contributed by atoms with Crippen molar-refractivity contribution in [3.8, 4) is 5.75 Å². The van der Waals surface area contributed by atoms with Gasteiger partial charge in [0, 0.05) is 26.8 Å². The summed E-state index contributed by atoms with van der Waals surface area (Å²) >= 11 is 0. The minimum Gasteiger partial charge on any atom is -0.483 e. The van der Waals surface area contributed by atoms with E-state index in [1.807, 2.05) is 31.7 Å². The zero-order valence-corrected chi connectivity index (χ0v) is 14.6. The molecule has 0 saturated carbocycles. The van der Waals surface area contributed by atoms with Gasteiger partial charge in [0.1, 0.15) is 5.75 Å². The maximum Gasteiger partial charge on any atom is 0.260 e. The van der Waals surface area contributed by atoms with Crippen molar-refractivity contribution < 1.29 is 19.0 Å². The molecule has 128 valence electrons. The Labute approximate surface area is 138 Å². The summed E-state index contributed by atoms with van der Waals surface area (Å²) in [6.07, 6.45) is 0.854. The van der Waals surface area contributed by atoms with Crippen LogP contribution in [0.3, 0.4) is 0 Å². The van der Waals surface area contributed by atoms with E-state index >= 15 is 0 Å². The van der Waals surface area contributed by atoms with E-state index in [0.29, 0.717) is 26.3 Å². The van der Waals surface area contributed by atoms with E-state index in [9.17, 15) is 4.79 Å². The molecule has 1 atom stereocenters. The number of rotatable bonds is 6. The van der Waals surface area contributed by atoms with Crippen LogP contribution in [0, 0.1) is 20.8 Å². The fraction of sp³-hybridized carbons (Fsp3) is 0.611. The van der Waals surface area contributed by atoms with Gasteiger partial charge in [-0.15, -0.1) is 0 Å². The molecule has 2 rings (SSSR count). The Kier molecular flexibility index (Phi) is 6.42. The number of methoxy groups -OCH3 is 1. The average Bonchev–Trinajstić information content (AvgIpc) is 2.56. The largest absolute Gasteiger partial charge is 0.483 e. The Hall–Kier alpha value is -1.59. The molecular weight excluding hydrogens is 294 g/mol. The molecule has 1 amide bonds. The van der Waals surface area contributed by atoms with E-state index in [0.717, 1.165) is 23.3 Å². The van der Waals surface area contributed by atoms with Crippen molar-refractivity contribution in [1.82, 2.24) is 4.90 Å². The molecule has 5 heteroatoms. The first-order valence-corrected chi connectivity index (χ1v) is 8.11. The molecule has 1 aliphatic heterocycles. The molecule has 0 spiro atoms. The molecule has 1 aliphatic rings. The van der Waals surface area contributed by atoms with Crippen molar-refractivity contribution in [2.24, 2.45) is 0 Å². The van der Waals surface area contributed by atoms with Crippen molar-refractivity contribution in [1.29, 1.82) is 0 Å². The van der Waals surface area contributed by atoms with Crippen LogP contribution in [0.2, 0.25) is 0 Å². The monoisotopic (exact) mass is 321 g/mol. The predicted molar refractivity (Wildman–Crippen MR) is 89.0 cm³/mol.